The minimum atomic E-state index is 0.176. The third kappa shape index (κ3) is 4.85. The van der Waals surface area contributed by atoms with Crippen molar-refractivity contribution in [1.82, 2.24) is 5.32 Å². The fourth-order valence-corrected chi connectivity index (χ4v) is 3.37. The Labute approximate surface area is 150 Å². The second-order valence-corrected chi connectivity index (χ2v) is 6.34. The lowest BCUT2D eigenvalue weighted by Crippen LogP contribution is -2.31. The average Bonchev–Trinajstić information content (AvgIpc) is 2.68. The molecule has 1 N–H and O–H groups in total. The summed E-state index contributed by atoms with van der Waals surface area (Å²) in [4.78, 5) is 0. The van der Waals surface area contributed by atoms with Gasteiger partial charge in [-0.15, -0.1) is 6.42 Å². The number of terminal acetylenes is 1. The van der Waals surface area contributed by atoms with E-state index in [9.17, 15) is 0 Å². The van der Waals surface area contributed by atoms with Gasteiger partial charge in [0.15, 0.2) is 0 Å². The van der Waals surface area contributed by atoms with Gasteiger partial charge in [-0.05, 0) is 24.5 Å². The lowest BCUT2D eigenvalue weighted by atomic mass is 9.89. The number of hydrogen-bond donors (Lipinski definition) is 1. The molecule has 3 heteroatoms. The van der Waals surface area contributed by atoms with Gasteiger partial charge in [-0.1, -0.05) is 54.5 Å². The molecule has 2 aromatic carbocycles. The van der Waals surface area contributed by atoms with Crippen LogP contribution in [-0.4, -0.2) is 19.8 Å². The molecule has 1 fully saturated rings. The summed E-state index contributed by atoms with van der Waals surface area (Å²) in [6.45, 7) is 2.82. The number of hydrogen-bond acceptors (Lipinski definition) is 3. The topological polar surface area (TPSA) is 30.5 Å². The summed E-state index contributed by atoms with van der Waals surface area (Å²) in [7, 11) is 0. The molecule has 2 atom stereocenters. The van der Waals surface area contributed by atoms with E-state index >= 15 is 0 Å². The van der Waals surface area contributed by atoms with Gasteiger partial charge >= 0.3 is 0 Å². The molecule has 2 aromatic rings. The van der Waals surface area contributed by atoms with Crippen molar-refractivity contribution in [3.05, 3.63) is 65.7 Å². The molecule has 0 bridgehead atoms. The van der Waals surface area contributed by atoms with Crippen molar-refractivity contribution in [2.24, 2.45) is 5.92 Å². The van der Waals surface area contributed by atoms with Gasteiger partial charge < -0.3 is 14.8 Å². The SMILES string of the molecule is C#CCOc1ccccc1CNCC1CCCOC1c1ccccc1. The van der Waals surface area contributed by atoms with Crippen LogP contribution in [0.25, 0.3) is 0 Å². The van der Waals surface area contributed by atoms with E-state index in [1.807, 2.05) is 24.3 Å². The monoisotopic (exact) mass is 335 g/mol. The van der Waals surface area contributed by atoms with Crippen molar-refractivity contribution in [3.8, 4) is 18.1 Å². The molecule has 0 aromatic heterocycles. The minimum Gasteiger partial charge on any atom is -0.481 e. The van der Waals surface area contributed by atoms with Crippen molar-refractivity contribution in [2.45, 2.75) is 25.5 Å². The smallest absolute Gasteiger partial charge is 0.148 e. The number of rotatable bonds is 7. The molecule has 1 heterocycles. The number of benzene rings is 2. The highest BCUT2D eigenvalue weighted by Crippen LogP contribution is 2.33. The van der Waals surface area contributed by atoms with E-state index in [1.165, 1.54) is 12.0 Å². The Morgan fingerprint density at radius 3 is 2.76 bits per heavy atom. The van der Waals surface area contributed by atoms with Crippen LogP contribution >= 0.6 is 0 Å². The van der Waals surface area contributed by atoms with E-state index in [-0.39, 0.29) is 6.10 Å². The summed E-state index contributed by atoms with van der Waals surface area (Å²) in [5.41, 5.74) is 2.40. The molecule has 1 aliphatic heterocycles. The average molecular weight is 335 g/mol. The predicted octanol–water partition coefficient (Wildman–Crippen LogP) is 3.96. The first kappa shape index (κ1) is 17.5. The number of nitrogens with one attached hydrogen (secondary N) is 1. The lowest BCUT2D eigenvalue weighted by Gasteiger charge is -2.32. The normalized spacial score (nSPS) is 20.0. The van der Waals surface area contributed by atoms with Gasteiger partial charge in [0.25, 0.3) is 0 Å². The van der Waals surface area contributed by atoms with E-state index in [0.29, 0.717) is 12.5 Å². The molecule has 1 saturated heterocycles. The van der Waals surface area contributed by atoms with Crippen LogP contribution in [-0.2, 0) is 11.3 Å². The first-order valence-corrected chi connectivity index (χ1v) is 8.90. The number of ether oxygens (including phenoxy) is 2. The zero-order valence-electron chi connectivity index (χ0n) is 14.5. The molecule has 0 amide bonds. The summed E-state index contributed by atoms with van der Waals surface area (Å²) in [6.07, 6.45) is 7.77. The van der Waals surface area contributed by atoms with Gasteiger partial charge in [-0.25, -0.2) is 0 Å². The first-order chi connectivity index (χ1) is 12.4. The molecule has 3 rings (SSSR count). The van der Waals surface area contributed by atoms with Crippen LogP contribution in [0.3, 0.4) is 0 Å². The lowest BCUT2D eigenvalue weighted by molar-refractivity contribution is -0.0278. The number of para-hydroxylation sites is 1. The third-order valence-corrected chi connectivity index (χ3v) is 4.58. The summed E-state index contributed by atoms with van der Waals surface area (Å²) in [6, 6.07) is 18.6. The summed E-state index contributed by atoms with van der Waals surface area (Å²) < 4.78 is 11.7. The van der Waals surface area contributed by atoms with Gasteiger partial charge in [0.2, 0.25) is 0 Å². The third-order valence-electron chi connectivity index (χ3n) is 4.58. The van der Waals surface area contributed by atoms with Crippen LogP contribution in [0.1, 0.15) is 30.1 Å². The Kier molecular flexibility index (Phi) is 6.50. The standard InChI is InChI=1S/C22H25NO2/c1-2-14-24-21-13-7-6-11-19(21)16-23-17-20-12-8-15-25-22(20)18-9-4-3-5-10-18/h1,3-7,9-11,13,20,22-23H,8,12,14-17H2. The molecule has 0 saturated carbocycles. The van der Waals surface area contributed by atoms with Crippen molar-refractivity contribution >= 4 is 0 Å². The van der Waals surface area contributed by atoms with Crippen LogP contribution in [0, 0.1) is 18.3 Å². The van der Waals surface area contributed by atoms with E-state index < -0.39 is 0 Å². The maximum Gasteiger partial charge on any atom is 0.148 e. The van der Waals surface area contributed by atoms with E-state index in [1.54, 1.807) is 0 Å². The molecule has 0 radical (unpaired) electrons. The highest BCUT2D eigenvalue weighted by molar-refractivity contribution is 5.33. The fourth-order valence-electron chi connectivity index (χ4n) is 3.37. The zero-order chi connectivity index (χ0) is 17.3. The van der Waals surface area contributed by atoms with Crippen LogP contribution in [0.2, 0.25) is 0 Å². The Morgan fingerprint density at radius 1 is 1.12 bits per heavy atom. The quantitative estimate of drug-likeness (QED) is 0.777. The summed E-state index contributed by atoms with van der Waals surface area (Å²) >= 11 is 0. The Morgan fingerprint density at radius 2 is 1.92 bits per heavy atom. The maximum atomic E-state index is 6.07. The van der Waals surface area contributed by atoms with Crippen LogP contribution in [0.5, 0.6) is 5.75 Å². The molecule has 130 valence electrons. The van der Waals surface area contributed by atoms with E-state index in [2.05, 4.69) is 41.6 Å². The van der Waals surface area contributed by atoms with Crippen LogP contribution < -0.4 is 10.1 Å². The van der Waals surface area contributed by atoms with Crippen LogP contribution in [0.4, 0.5) is 0 Å². The van der Waals surface area contributed by atoms with Gasteiger partial charge in [-0.2, -0.15) is 0 Å². The van der Waals surface area contributed by atoms with Gasteiger partial charge in [0, 0.05) is 31.2 Å². The summed E-state index contributed by atoms with van der Waals surface area (Å²) in [5, 5.41) is 3.58. The summed E-state index contributed by atoms with van der Waals surface area (Å²) in [5.74, 6) is 3.85. The molecule has 0 aliphatic carbocycles. The predicted molar refractivity (Wildman–Crippen MR) is 100 cm³/mol. The van der Waals surface area contributed by atoms with E-state index in [0.717, 1.165) is 37.4 Å². The second kappa shape index (κ2) is 9.27. The van der Waals surface area contributed by atoms with Crippen LogP contribution in [0.15, 0.2) is 54.6 Å². The van der Waals surface area contributed by atoms with Gasteiger partial charge in [0.05, 0.1) is 6.10 Å². The molecule has 25 heavy (non-hydrogen) atoms. The Bertz CT molecular complexity index is 693. The maximum absolute atomic E-state index is 6.07. The fraction of sp³-hybridized carbons (Fsp3) is 0.364. The first-order valence-electron chi connectivity index (χ1n) is 8.90. The molecule has 1 aliphatic rings. The highest BCUT2D eigenvalue weighted by atomic mass is 16.5. The molecule has 3 nitrogen and oxygen atoms in total. The molecular formula is C22H25NO2. The molecule has 0 spiro atoms. The van der Waals surface area contributed by atoms with Crippen molar-refractivity contribution in [3.63, 3.8) is 0 Å². The van der Waals surface area contributed by atoms with Crippen molar-refractivity contribution in [1.29, 1.82) is 0 Å². The largest absolute Gasteiger partial charge is 0.481 e. The van der Waals surface area contributed by atoms with E-state index in [4.69, 9.17) is 15.9 Å². The second-order valence-electron chi connectivity index (χ2n) is 6.34. The van der Waals surface area contributed by atoms with Gasteiger partial charge in [0.1, 0.15) is 12.4 Å². The molecular weight excluding hydrogens is 310 g/mol. The van der Waals surface area contributed by atoms with Crippen molar-refractivity contribution < 1.29 is 9.47 Å². The molecule has 2 unspecified atom stereocenters. The van der Waals surface area contributed by atoms with Crippen molar-refractivity contribution in [2.75, 3.05) is 19.8 Å². The van der Waals surface area contributed by atoms with Gasteiger partial charge in [-0.3, -0.25) is 0 Å². The minimum absolute atomic E-state index is 0.176. The highest BCUT2D eigenvalue weighted by Gasteiger charge is 2.26. The Hall–Kier alpha value is -2.28. The Balaban J connectivity index is 1.58. The zero-order valence-corrected chi connectivity index (χ0v) is 14.5.